The van der Waals surface area contributed by atoms with Crippen LogP contribution in [0.25, 0.3) is 0 Å². The van der Waals surface area contributed by atoms with Crippen molar-refractivity contribution in [1.29, 1.82) is 0 Å². The van der Waals surface area contributed by atoms with Gasteiger partial charge in [-0.15, -0.1) is 0 Å². The summed E-state index contributed by atoms with van der Waals surface area (Å²) in [5.74, 6) is 2.28. The molecule has 140 valence electrons. The minimum atomic E-state index is 0.518. The van der Waals surface area contributed by atoms with E-state index in [-0.39, 0.29) is 0 Å². The first-order valence-electron chi connectivity index (χ1n) is 9.44. The Bertz CT molecular complexity index is 796. The van der Waals surface area contributed by atoms with E-state index in [2.05, 4.69) is 43.4 Å². The molecule has 0 heterocycles. The van der Waals surface area contributed by atoms with E-state index in [4.69, 9.17) is 9.47 Å². The first-order valence-corrected chi connectivity index (χ1v) is 9.44. The Morgan fingerprint density at radius 1 is 0.704 bits per heavy atom. The smallest absolute Gasteiger partial charge is 0.122 e. The molecule has 0 spiro atoms. The van der Waals surface area contributed by atoms with E-state index >= 15 is 0 Å². The molecule has 3 nitrogen and oxygen atoms in total. The van der Waals surface area contributed by atoms with Crippen molar-refractivity contribution < 1.29 is 9.47 Å². The van der Waals surface area contributed by atoms with Gasteiger partial charge in [0, 0.05) is 12.2 Å². The number of anilines is 1. The third-order valence-electron chi connectivity index (χ3n) is 4.36. The molecule has 0 aliphatic heterocycles. The summed E-state index contributed by atoms with van der Waals surface area (Å²) in [6, 6.07) is 26.6. The van der Waals surface area contributed by atoms with Crippen LogP contribution in [-0.2, 0) is 6.54 Å². The van der Waals surface area contributed by atoms with E-state index in [0.29, 0.717) is 19.1 Å². The Morgan fingerprint density at radius 3 is 1.89 bits per heavy atom. The summed E-state index contributed by atoms with van der Waals surface area (Å²) >= 11 is 0. The number of ether oxygens (including phenoxy) is 2. The maximum Gasteiger partial charge on any atom is 0.122 e. The van der Waals surface area contributed by atoms with Crippen molar-refractivity contribution in [3.63, 3.8) is 0 Å². The largest absolute Gasteiger partial charge is 0.490 e. The molecule has 3 rings (SSSR count). The van der Waals surface area contributed by atoms with E-state index in [0.717, 1.165) is 23.7 Å². The molecular weight excluding hydrogens is 334 g/mol. The van der Waals surface area contributed by atoms with Crippen LogP contribution >= 0.6 is 0 Å². The normalized spacial score (nSPS) is 10.6. The van der Waals surface area contributed by atoms with Crippen LogP contribution in [0, 0.1) is 0 Å². The van der Waals surface area contributed by atoms with Crippen LogP contribution in [0.1, 0.15) is 30.9 Å². The van der Waals surface area contributed by atoms with Crippen molar-refractivity contribution in [1.82, 2.24) is 0 Å². The average Bonchev–Trinajstić information content (AvgIpc) is 2.71. The molecule has 0 atom stereocenters. The molecule has 0 unspecified atom stereocenters. The summed E-state index contributed by atoms with van der Waals surface area (Å²) < 4.78 is 11.4. The molecule has 3 heteroatoms. The van der Waals surface area contributed by atoms with E-state index in [9.17, 15) is 0 Å². The summed E-state index contributed by atoms with van der Waals surface area (Å²) in [7, 11) is 0. The second-order valence-electron chi connectivity index (χ2n) is 6.78. The van der Waals surface area contributed by atoms with Gasteiger partial charge in [-0.2, -0.15) is 0 Å². The highest BCUT2D eigenvalue weighted by Gasteiger charge is 2.00. The Hall–Kier alpha value is -2.94. The molecule has 0 aliphatic rings. The summed E-state index contributed by atoms with van der Waals surface area (Å²) in [5, 5.41) is 3.45. The minimum absolute atomic E-state index is 0.518. The Labute approximate surface area is 162 Å². The summed E-state index contributed by atoms with van der Waals surface area (Å²) in [6.07, 6.45) is 0. The maximum absolute atomic E-state index is 5.73. The molecule has 1 N–H and O–H groups in total. The molecule has 0 bridgehead atoms. The zero-order valence-electron chi connectivity index (χ0n) is 16.0. The second-order valence-corrected chi connectivity index (χ2v) is 6.78. The zero-order valence-corrected chi connectivity index (χ0v) is 16.0. The SMILES string of the molecule is CC(C)c1ccc(CNc2ccc(OCCOc3ccccc3)cc2)cc1. The van der Waals surface area contributed by atoms with Crippen molar-refractivity contribution in [3.05, 3.63) is 90.0 Å². The standard InChI is InChI=1S/C24H27NO2/c1-19(2)21-10-8-20(9-11-21)18-25-22-12-14-24(15-13-22)27-17-16-26-23-6-4-3-5-7-23/h3-15,19,25H,16-18H2,1-2H3. The quantitative estimate of drug-likeness (QED) is 0.483. The number of hydrogen-bond donors (Lipinski definition) is 1. The Balaban J connectivity index is 1.40. The summed E-state index contributed by atoms with van der Waals surface area (Å²) in [5.41, 5.74) is 3.73. The highest BCUT2D eigenvalue weighted by atomic mass is 16.5. The highest BCUT2D eigenvalue weighted by Crippen LogP contribution is 2.18. The van der Waals surface area contributed by atoms with Crippen LogP contribution < -0.4 is 14.8 Å². The number of hydrogen-bond acceptors (Lipinski definition) is 3. The summed E-state index contributed by atoms with van der Waals surface area (Å²) in [4.78, 5) is 0. The number of rotatable bonds is 9. The maximum atomic E-state index is 5.73. The molecule has 3 aromatic carbocycles. The lowest BCUT2D eigenvalue weighted by Crippen LogP contribution is -2.08. The predicted molar refractivity (Wildman–Crippen MR) is 112 cm³/mol. The first kappa shape index (κ1) is 18.8. The van der Waals surface area contributed by atoms with Crippen molar-refractivity contribution in [2.24, 2.45) is 0 Å². The van der Waals surface area contributed by atoms with Gasteiger partial charge >= 0.3 is 0 Å². The summed E-state index contributed by atoms with van der Waals surface area (Å²) in [6.45, 7) is 6.28. The molecule has 0 aromatic heterocycles. The van der Waals surface area contributed by atoms with Gasteiger partial charge < -0.3 is 14.8 Å². The average molecular weight is 361 g/mol. The number of para-hydroxylation sites is 1. The van der Waals surface area contributed by atoms with Crippen LogP contribution in [0.3, 0.4) is 0 Å². The van der Waals surface area contributed by atoms with Gasteiger partial charge in [0.25, 0.3) is 0 Å². The molecule has 0 saturated heterocycles. The van der Waals surface area contributed by atoms with Crippen molar-refractivity contribution >= 4 is 5.69 Å². The van der Waals surface area contributed by atoms with Gasteiger partial charge in [0.15, 0.2) is 0 Å². The van der Waals surface area contributed by atoms with Crippen molar-refractivity contribution in [2.75, 3.05) is 18.5 Å². The topological polar surface area (TPSA) is 30.5 Å². The van der Waals surface area contributed by atoms with E-state index in [1.807, 2.05) is 54.6 Å². The van der Waals surface area contributed by atoms with E-state index < -0.39 is 0 Å². The second kappa shape index (κ2) is 9.67. The highest BCUT2D eigenvalue weighted by molar-refractivity contribution is 5.47. The lowest BCUT2D eigenvalue weighted by Gasteiger charge is -2.11. The number of nitrogens with one attached hydrogen (secondary N) is 1. The van der Waals surface area contributed by atoms with Crippen molar-refractivity contribution in [3.8, 4) is 11.5 Å². The van der Waals surface area contributed by atoms with E-state index in [1.165, 1.54) is 11.1 Å². The molecule has 27 heavy (non-hydrogen) atoms. The monoisotopic (exact) mass is 361 g/mol. The Morgan fingerprint density at radius 2 is 1.30 bits per heavy atom. The van der Waals surface area contributed by atoms with E-state index in [1.54, 1.807) is 0 Å². The molecule has 0 amide bonds. The van der Waals surface area contributed by atoms with Gasteiger partial charge in [0.1, 0.15) is 24.7 Å². The third-order valence-corrected chi connectivity index (χ3v) is 4.36. The first-order chi connectivity index (χ1) is 13.2. The zero-order chi connectivity index (χ0) is 18.9. The lowest BCUT2D eigenvalue weighted by molar-refractivity contribution is 0.217. The molecule has 0 saturated carbocycles. The molecule has 0 fully saturated rings. The third kappa shape index (κ3) is 6.07. The van der Waals surface area contributed by atoms with Gasteiger partial charge in [0.05, 0.1) is 0 Å². The van der Waals surface area contributed by atoms with Crippen LogP contribution in [0.4, 0.5) is 5.69 Å². The van der Waals surface area contributed by atoms with Crippen LogP contribution in [0.2, 0.25) is 0 Å². The Kier molecular flexibility index (Phi) is 6.75. The predicted octanol–water partition coefficient (Wildman–Crippen LogP) is 5.88. The van der Waals surface area contributed by atoms with Crippen LogP contribution in [0.5, 0.6) is 11.5 Å². The fourth-order valence-corrected chi connectivity index (χ4v) is 2.73. The van der Waals surface area contributed by atoms with Gasteiger partial charge in [-0.25, -0.2) is 0 Å². The van der Waals surface area contributed by atoms with Gasteiger partial charge in [-0.05, 0) is 53.4 Å². The van der Waals surface area contributed by atoms with Crippen LogP contribution in [0.15, 0.2) is 78.9 Å². The van der Waals surface area contributed by atoms with Crippen LogP contribution in [-0.4, -0.2) is 13.2 Å². The fraction of sp³-hybridized carbons (Fsp3) is 0.250. The lowest BCUT2D eigenvalue weighted by atomic mass is 10.0. The van der Waals surface area contributed by atoms with Gasteiger partial charge in [-0.1, -0.05) is 56.3 Å². The van der Waals surface area contributed by atoms with Crippen molar-refractivity contribution in [2.45, 2.75) is 26.3 Å². The number of benzene rings is 3. The molecule has 0 radical (unpaired) electrons. The molecular formula is C24H27NO2. The minimum Gasteiger partial charge on any atom is -0.490 e. The van der Waals surface area contributed by atoms with Gasteiger partial charge in [0.2, 0.25) is 0 Å². The molecule has 0 aliphatic carbocycles. The van der Waals surface area contributed by atoms with Gasteiger partial charge in [-0.3, -0.25) is 0 Å². The molecule has 3 aromatic rings. The fourth-order valence-electron chi connectivity index (χ4n) is 2.73.